The highest BCUT2D eigenvalue weighted by Gasteiger charge is 2.64. The van der Waals surface area contributed by atoms with Crippen molar-refractivity contribution in [2.24, 2.45) is 0 Å². The molecule has 3 nitrogen and oxygen atoms in total. The first-order valence-electron chi connectivity index (χ1n) is 5.66. The van der Waals surface area contributed by atoms with Gasteiger partial charge in [-0.25, -0.2) is 0 Å². The maximum absolute atomic E-state index is 12.8. The highest BCUT2D eigenvalue weighted by molar-refractivity contribution is 5.84. The molecule has 1 heterocycles. The van der Waals surface area contributed by atoms with Crippen molar-refractivity contribution in [3.63, 3.8) is 0 Å². The normalized spacial score (nSPS) is 19.1. The fourth-order valence-corrected chi connectivity index (χ4v) is 1.81. The van der Waals surface area contributed by atoms with Gasteiger partial charge in [-0.15, -0.1) is 0 Å². The summed E-state index contributed by atoms with van der Waals surface area (Å²) in [6.07, 6.45) is -4.96. The lowest BCUT2D eigenvalue weighted by molar-refractivity contribution is -0.274. The molecular weight excluding hydrogens is 259 g/mol. The third-order valence-corrected chi connectivity index (χ3v) is 2.82. The third kappa shape index (κ3) is 3.09. The second-order valence-corrected chi connectivity index (χ2v) is 4.21. The van der Waals surface area contributed by atoms with E-state index in [9.17, 15) is 26.7 Å². The molecule has 0 aromatic heterocycles. The molecule has 0 spiro atoms. The average molecular weight is 274 g/mol. The molecule has 106 valence electrons. The summed E-state index contributed by atoms with van der Waals surface area (Å²) >= 11 is 0. The largest absolute Gasteiger partial charge is 0.463 e. The first kappa shape index (κ1) is 15.1. The summed E-state index contributed by atoms with van der Waals surface area (Å²) in [5.41, 5.74) is 0. The zero-order valence-corrected chi connectivity index (χ0v) is 9.94. The second kappa shape index (κ2) is 5.38. The zero-order valence-electron chi connectivity index (χ0n) is 9.94. The van der Waals surface area contributed by atoms with E-state index >= 15 is 0 Å². The first-order valence-corrected chi connectivity index (χ1v) is 5.66. The first-order chi connectivity index (χ1) is 8.20. The molecule has 0 aromatic carbocycles. The van der Waals surface area contributed by atoms with Gasteiger partial charge in [0.15, 0.2) is 0 Å². The molecule has 0 bridgehead atoms. The van der Waals surface area contributed by atoms with E-state index in [4.69, 9.17) is 0 Å². The predicted molar refractivity (Wildman–Crippen MR) is 54.3 cm³/mol. The topological polar surface area (TPSA) is 23.6 Å². The molecule has 0 unspecified atom stereocenters. The Morgan fingerprint density at radius 2 is 1.56 bits per heavy atom. The summed E-state index contributed by atoms with van der Waals surface area (Å²) in [4.78, 5) is 13.7. The molecule has 1 amide bonds. The molecule has 0 radical (unpaired) electrons. The van der Waals surface area contributed by atoms with Crippen LogP contribution in [0.1, 0.15) is 13.3 Å². The molecule has 0 atom stereocenters. The minimum Gasteiger partial charge on any atom is -0.335 e. The van der Waals surface area contributed by atoms with Crippen LogP contribution in [0.3, 0.4) is 0 Å². The smallest absolute Gasteiger partial charge is 0.335 e. The number of carbonyl (C=O) groups excluding carboxylic acids is 1. The van der Waals surface area contributed by atoms with E-state index in [0.29, 0.717) is 18.0 Å². The van der Waals surface area contributed by atoms with E-state index < -0.39 is 18.0 Å². The number of nitrogens with zero attached hydrogens (tertiary/aromatic N) is 2. The number of hydrogen-bond acceptors (Lipinski definition) is 2. The Morgan fingerprint density at radius 1 is 1.06 bits per heavy atom. The molecule has 1 rings (SSSR count). The van der Waals surface area contributed by atoms with Gasteiger partial charge in [-0.2, -0.15) is 22.0 Å². The van der Waals surface area contributed by atoms with Crippen molar-refractivity contribution < 1.29 is 26.7 Å². The van der Waals surface area contributed by atoms with Crippen molar-refractivity contribution in [2.45, 2.75) is 25.4 Å². The van der Waals surface area contributed by atoms with Crippen LogP contribution in [0.5, 0.6) is 0 Å². The summed E-state index contributed by atoms with van der Waals surface area (Å²) in [6, 6.07) is 0. The minimum atomic E-state index is -5.83. The van der Waals surface area contributed by atoms with Gasteiger partial charge in [0.05, 0.1) is 0 Å². The maximum atomic E-state index is 12.8. The molecular formula is C10H15F5N2O. The highest BCUT2D eigenvalue weighted by Crippen LogP contribution is 2.37. The van der Waals surface area contributed by atoms with Crippen molar-refractivity contribution in [2.75, 3.05) is 32.7 Å². The molecule has 0 N–H and O–H groups in total. The molecule has 18 heavy (non-hydrogen) atoms. The van der Waals surface area contributed by atoms with Gasteiger partial charge in [-0.1, -0.05) is 6.92 Å². The minimum absolute atomic E-state index is 0.0928. The Balaban J connectivity index is 2.60. The second-order valence-electron chi connectivity index (χ2n) is 4.21. The summed E-state index contributed by atoms with van der Waals surface area (Å²) in [5.74, 6) is -7.44. The van der Waals surface area contributed by atoms with Gasteiger partial charge >= 0.3 is 18.0 Å². The van der Waals surface area contributed by atoms with Crippen molar-refractivity contribution in [1.82, 2.24) is 9.80 Å². The summed E-state index contributed by atoms with van der Waals surface area (Å²) in [7, 11) is 0. The summed E-state index contributed by atoms with van der Waals surface area (Å²) in [5, 5.41) is 0. The number of rotatable bonds is 3. The van der Waals surface area contributed by atoms with Crippen LogP contribution in [0.4, 0.5) is 22.0 Å². The van der Waals surface area contributed by atoms with Crippen LogP contribution < -0.4 is 0 Å². The third-order valence-electron chi connectivity index (χ3n) is 2.82. The Labute approximate surface area is 102 Å². The van der Waals surface area contributed by atoms with Gasteiger partial charge in [-0.05, 0) is 13.0 Å². The number of halogens is 5. The summed E-state index contributed by atoms with van der Waals surface area (Å²) < 4.78 is 61.7. The van der Waals surface area contributed by atoms with Gasteiger partial charge in [0.2, 0.25) is 0 Å². The number of alkyl halides is 5. The monoisotopic (exact) mass is 274 g/mol. The van der Waals surface area contributed by atoms with Crippen LogP contribution in [0.2, 0.25) is 0 Å². The highest BCUT2D eigenvalue weighted by atomic mass is 19.4. The van der Waals surface area contributed by atoms with Crippen LogP contribution in [0.15, 0.2) is 0 Å². The fourth-order valence-electron chi connectivity index (χ4n) is 1.81. The molecule has 1 aliphatic heterocycles. The van der Waals surface area contributed by atoms with E-state index in [2.05, 4.69) is 0 Å². The van der Waals surface area contributed by atoms with Crippen molar-refractivity contribution in [3.05, 3.63) is 0 Å². The van der Waals surface area contributed by atoms with Crippen LogP contribution in [0, 0.1) is 0 Å². The van der Waals surface area contributed by atoms with Gasteiger partial charge in [0, 0.05) is 26.2 Å². The number of piperazine rings is 1. The van der Waals surface area contributed by atoms with Gasteiger partial charge in [-0.3, -0.25) is 9.69 Å². The van der Waals surface area contributed by atoms with E-state index in [1.807, 2.05) is 11.8 Å². The Bertz CT molecular complexity index is 297. The summed E-state index contributed by atoms with van der Waals surface area (Å²) in [6.45, 7) is 3.16. The molecule has 8 heteroatoms. The van der Waals surface area contributed by atoms with Crippen molar-refractivity contribution in [3.8, 4) is 0 Å². The Kier molecular flexibility index (Phi) is 4.52. The predicted octanol–water partition coefficient (Wildman–Crippen LogP) is 1.74. The molecule has 1 saturated heterocycles. The van der Waals surface area contributed by atoms with E-state index in [0.717, 1.165) is 13.0 Å². The van der Waals surface area contributed by atoms with Gasteiger partial charge < -0.3 is 4.90 Å². The van der Waals surface area contributed by atoms with E-state index in [1.165, 1.54) is 0 Å². The van der Waals surface area contributed by atoms with Gasteiger partial charge in [0.1, 0.15) is 0 Å². The van der Waals surface area contributed by atoms with Gasteiger partial charge in [0.25, 0.3) is 0 Å². The number of hydrogen-bond donors (Lipinski definition) is 0. The molecule has 1 fully saturated rings. The maximum Gasteiger partial charge on any atom is 0.463 e. The van der Waals surface area contributed by atoms with Crippen LogP contribution in [-0.2, 0) is 4.79 Å². The van der Waals surface area contributed by atoms with E-state index in [1.54, 1.807) is 0 Å². The lowest BCUT2D eigenvalue weighted by atomic mass is 10.2. The Morgan fingerprint density at radius 3 is 1.94 bits per heavy atom. The molecule has 1 aliphatic rings. The lowest BCUT2D eigenvalue weighted by Gasteiger charge is -2.36. The number of carbonyl (C=O) groups is 1. The van der Waals surface area contributed by atoms with Crippen LogP contribution in [-0.4, -0.2) is 60.5 Å². The lowest BCUT2D eigenvalue weighted by Crippen LogP contribution is -2.57. The zero-order chi connectivity index (χ0) is 14.0. The van der Waals surface area contributed by atoms with E-state index in [-0.39, 0.29) is 13.1 Å². The quantitative estimate of drug-likeness (QED) is 0.732. The molecule has 0 saturated carbocycles. The standard InChI is InChI=1S/C10H15F5N2O/c1-2-3-16-4-6-17(7-5-16)8(18)9(11,12)10(13,14)15/h2-7H2,1H3. The van der Waals surface area contributed by atoms with Crippen LogP contribution in [0.25, 0.3) is 0 Å². The SMILES string of the molecule is CCCN1CCN(C(=O)C(F)(F)C(F)(F)F)CC1. The van der Waals surface area contributed by atoms with Crippen molar-refractivity contribution in [1.29, 1.82) is 0 Å². The fraction of sp³-hybridized carbons (Fsp3) is 0.900. The molecule has 0 aromatic rings. The average Bonchev–Trinajstić information content (AvgIpc) is 2.28. The Hall–Kier alpha value is -0.920. The molecule has 0 aliphatic carbocycles. The number of amides is 1. The van der Waals surface area contributed by atoms with Crippen molar-refractivity contribution >= 4 is 5.91 Å². The van der Waals surface area contributed by atoms with Crippen LogP contribution >= 0.6 is 0 Å².